The minimum absolute atomic E-state index is 0.235. The molecular weight excluding hydrogens is 268 g/mol. The maximum atomic E-state index is 9.54. The number of aliphatic hydroxyl groups excluding tert-OH is 1. The zero-order chi connectivity index (χ0) is 15.4. The van der Waals surface area contributed by atoms with E-state index in [9.17, 15) is 5.11 Å². The minimum Gasteiger partial charge on any atom is -0.497 e. The van der Waals surface area contributed by atoms with Crippen molar-refractivity contribution in [1.29, 1.82) is 0 Å². The largest absolute Gasteiger partial charge is 0.497 e. The Labute approximate surface area is 127 Å². The third-order valence-electron chi connectivity index (χ3n) is 4.27. The Hall–Kier alpha value is -1.30. The van der Waals surface area contributed by atoms with Crippen LogP contribution in [0.1, 0.15) is 5.56 Å². The highest BCUT2D eigenvalue weighted by Crippen LogP contribution is 2.28. The standard InChI is InChI=1S/C16H26N2O3/c1-17(2)15-10-18(9-13(15)11-19)8-12-5-6-14(20-3)7-16(12)21-4/h5-7,13,15,19H,8-11H2,1-4H3/t13-,15+/m0/s1. The number of rotatable bonds is 6. The van der Waals surface area contributed by atoms with Crippen molar-refractivity contribution in [3.05, 3.63) is 23.8 Å². The van der Waals surface area contributed by atoms with Gasteiger partial charge in [-0.1, -0.05) is 6.07 Å². The minimum atomic E-state index is 0.235. The van der Waals surface area contributed by atoms with Crippen molar-refractivity contribution in [2.45, 2.75) is 12.6 Å². The first-order chi connectivity index (χ1) is 10.1. The number of methoxy groups -OCH3 is 2. The Morgan fingerprint density at radius 1 is 1.24 bits per heavy atom. The molecule has 118 valence electrons. The summed E-state index contributed by atoms with van der Waals surface area (Å²) in [6.45, 7) is 2.94. The van der Waals surface area contributed by atoms with E-state index in [4.69, 9.17) is 9.47 Å². The maximum absolute atomic E-state index is 9.54. The van der Waals surface area contributed by atoms with Crippen molar-refractivity contribution in [2.24, 2.45) is 5.92 Å². The average molecular weight is 294 g/mol. The summed E-state index contributed by atoms with van der Waals surface area (Å²) in [4.78, 5) is 4.57. The van der Waals surface area contributed by atoms with Crippen LogP contribution in [0.3, 0.4) is 0 Å². The third kappa shape index (κ3) is 3.67. The predicted molar refractivity (Wildman–Crippen MR) is 82.9 cm³/mol. The third-order valence-corrected chi connectivity index (χ3v) is 4.27. The van der Waals surface area contributed by atoms with E-state index in [1.54, 1.807) is 14.2 Å². The summed E-state index contributed by atoms with van der Waals surface area (Å²) in [7, 11) is 7.49. The van der Waals surface area contributed by atoms with Crippen LogP contribution >= 0.6 is 0 Å². The molecule has 1 aliphatic rings. The smallest absolute Gasteiger partial charge is 0.127 e. The fourth-order valence-corrected chi connectivity index (χ4v) is 3.06. The van der Waals surface area contributed by atoms with Crippen LogP contribution in [0.5, 0.6) is 11.5 Å². The van der Waals surface area contributed by atoms with Crippen molar-refractivity contribution < 1.29 is 14.6 Å². The van der Waals surface area contributed by atoms with Gasteiger partial charge < -0.3 is 19.5 Å². The van der Waals surface area contributed by atoms with E-state index in [0.29, 0.717) is 12.0 Å². The molecule has 1 aromatic carbocycles. The van der Waals surface area contributed by atoms with Crippen LogP contribution in [0.25, 0.3) is 0 Å². The number of aliphatic hydroxyl groups is 1. The van der Waals surface area contributed by atoms with Crippen LogP contribution in [0.15, 0.2) is 18.2 Å². The molecular formula is C16H26N2O3. The molecule has 1 heterocycles. The SMILES string of the molecule is COc1ccc(CN2C[C@@H](CO)[C@H](N(C)C)C2)c(OC)c1. The molecule has 1 N–H and O–H groups in total. The lowest BCUT2D eigenvalue weighted by atomic mass is 10.0. The Bertz CT molecular complexity index is 465. The molecule has 0 aliphatic carbocycles. The highest BCUT2D eigenvalue weighted by molar-refractivity contribution is 5.40. The first kappa shape index (κ1) is 16.1. The number of likely N-dealkylation sites (tertiary alicyclic amines) is 1. The quantitative estimate of drug-likeness (QED) is 0.850. The van der Waals surface area contributed by atoms with Crippen LogP contribution in [0, 0.1) is 5.92 Å². The Balaban J connectivity index is 2.08. The van der Waals surface area contributed by atoms with Crippen LogP contribution < -0.4 is 9.47 Å². The molecule has 1 aliphatic heterocycles. The zero-order valence-electron chi connectivity index (χ0n) is 13.4. The Kier molecular flexibility index (Phi) is 5.45. The fraction of sp³-hybridized carbons (Fsp3) is 0.625. The average Bonchev–Trinajstić information content (AvgIpc) is 2.91. The monoisotopic (exact) mass is 294 g/mol. The van der Waals surface area contributed by atoms with E-state index in [1.165, 1.54) is 0 Å². The summed E-state index contributed by atoms with van der Waals surface area (Å²) in [5.74, 6) is 1.96. The summed E-state index contributed by atoms with van der Waals surface area (Å²) in [5, 5.41) is 9.54. The molecule has 2 rings (SSSR count). The van der Waals surface area contributed by atoms with Gasteiger partial charge in [-0.3, -0.25) is 4.90 Å². The van der Waals surface area contributed by atoms with Gasteiger partial charge in [0.2, 0.25) is 0 Å². The molecule has 0 amide bonds. The first-order valence-electron chi connectivity index (χ1n) is 7.29. The van der Waals surface area contributed by atoms with Gasteiger partial charge in [0.05, 0.1) is 14.2 Å². The molecule has 1 saturated heterocycles. The summed E-state index contributed by atoms with van der Waals surface area (Å²) >= 11 is 0. The van der Waals surface area contributed by atoms with Crippen molar-refractivity contribution in [3.63, 3.8) is 0 Å². The van der Waals surface area contributed by atoms with Crippen LogP contribution in [-0.2, 0) is 6.54 Å². The molecule has 0 spiro atoms. The van der Waals surface area contributed by atoms with Gasteiger partial charge in [-0.15, -0.1) is 0 Å². The number of hydrogen-bond acceptors (Lipinski definition) is 5. The van der Waals surface area contributed by atoms with Crippen molar-refractivity contribution in [3.8, 4) is 11.5 Å². The second kappa shape index (κ2) is 7.11. The van der Waals surface area contributed by atoms with Crippen molar-refractivity contribution in [2.75, 3.05) is 48.0 Å². The van der Waals surface area contributed by atoms with Gasteiger partial charge in [0, 0.05) is 49.8 Å². The maximum Gasteiger partial charge on any atom is 0.127 e. The van der Waals surface area contributed by atoms with Crippen molar-refractivity contribution in [1.82, 2.24) is 9.80 Å². The molecule has 0 radical (unpaired) electrons. The van der Waals surface area contributed by atoms with Gasteiger partial charge in [0.1, 0.15) is 11.5 Å². The molecule has 0 aromatic heterocycles. The molecule has 0 saturated carbocycles. The summed E-state index contributed by atoms with van der Waals surface area (Å²) in [5.41, 5.74) is 1.15. The molecule has 21 heavy (non-hydrogen) atoms. The molecule has 0 unspecified atom stereocenters. The van der Waals surface area contributed by atoms with Crippen molar-refractivity contribution >= 4 is 0 Å². The lowest BCUT2D eigenvalue weighted by molar-refractivity contribution is 0.167. The summed E-state index contributed by atoms with van der Waals surface area (Å²) in [6.07, 6.45) is 0. The van der Waals surface area contributed by atoms with E-state index in [0.717, 1.165) is 36.7 Å². The van der Waals surface area contributed by atoms with Crippen LogP contribution in [0.4, 0.5) is 0 Å². The fourth-order valence-electron chi connectivity index (χ4n) is 3.06. The van der Waals surface area contributed by atoms with Gasteiger partial charge in [0.15, 0.2) is 0 Å². The topological polar surface area (TPSA) is 45.2 Å². The van der Waals surface area contributed by atoms with E-state index in [1.807, 2.05) is 12.1 Å². The number of likely N-dealkylation sites (N-methyl/N-ethyl adjacent to an activating group) is 1. The number of benzene rings is 1. The Morgan fingerprint density at radius 3 is 2.52 bits per heavy atom. The van der Waals surface area contributed by atoms with E-state index in [2.05, 4.69) is 30.0 Å². The molecule has 5 heteroatoms. The van der Waals surface area contributed by atoms with Crippen LogP contribution in [0.2, 0.25) is 0 Å². The summed E-state index contributed by atoms with van der Waals surface area (Å²) < 4.78 is 10.7. The Morgan fingerprint density at radius 2 is 2.00 bits per heavy atom. The molecule has 0 bridgehead atoms. The van der Waals surface area contributed by atoms with Gasteiger partial charge >= 0.3 is 0 Å². The first-order valence-corrected chi connectivity index (χ1v) is 7.29. The lowest BCUT2D eigenvalue weighted by Gasteiger charge is -2.23. The van der Waals surface area contributed by atoms with Gasteiger partial charge in [-0.2, -0.15) is 0 Å². The zero-order valence-corrected chi connectivity index (χ0v) is 13.4. The summed E-state index contributed by atoms with van der Waals surface area (Å²) in [6, 6.07) is 6.33. The highest BCUT2D eigenvalue weighted by atomic mass is 16.5. The van der Waals surface area contributed by atoms with Gasteiger partial charge in [0.25, 0.3) is 0 Å². The molecule has 1 aromatic rings. The second-order valence-corrected chi connectivity index (χ2v) is 5.85. The molecule has 2 atom stereocenters. The van der Waals surface area contributed by atoms with E-state index in [-0.39, 0.29) is 6.61 Å². The second-order valence-electron chi connectivity index (χ2n) is 5.85. The number of hydrogen-bond donors (Lipinski definition) is 1. The van der Waals surface area contributed by atoms with Crippen LogP contribution in [-0.4, -0.2) is 69.0 Å². The van der Waals surface area contributed by atoms with Gasteiger partial charge in [-0.05, 0) is 20.2 Å². The molecule has 1 fully saturated rings. The normalized spacial score (nSPS) is 22.8. The van der Waals surface area contributed by atoms with E-state index >= 15 is 0 Å². The molecule has 5 nitrogen and oxygen atoms in total. The van der Waals surface area contributed by atoms with E-state index < -0.39 is 0 Å². The van der Waals surface area contributed by atoms with Gasteiger partial charge in [-0.25, -0.2) is 0 Å². The number of nitrogens with zero attached hydrogens (tertiary/aromatic N) is 2. The predicted octanol–water partition coefficient (Wildman–Crippen LogP) is 1.06. The highest BCUT2D eigenvalue weighted by Gasteiger charge is 2.33. The number of ether oxygens (including phenoxy) is 2. The lowest BCUT2D eigenvalue weighted by Crippen LogP contribution is -2.36.